The van der Waals surface area contributed by atoms with Gasteiger partial charge in [-0.25, -0.2) is 14.4 Å². The smallest absolute Gasteiger partial charge is 0.338 e. The molecule has 0 unspecified atom stereocenters. The van der Waals surface area contributed by atoms with Crippen LogP contribution in [-0.4, -0.2) is 68.8 Å². The normalized spacial score (nSPS) is 9.00. The summed E-state index contributed by atoms with van der Waals surface area (Å²) in [7, 11) is 3.58. The van der Waals surface area contributed by atoms with Crippen molar-refractivity contribution in [2.24, 2.45) is 0 Å². The van der Waals surface area contributed by atoms with Gasteiger partial charge in [0.1, 0.15) is 0 Å². The van der Waals surface area contributed by atoms with Gasteiger partial charge < -0.3 is 14.2 Å². The molecular weight excluding hydrogens is 263 g/mol. The van der Waals surface area contributed by atoms with Crippen molar-refractivity contribution in [3.8, 4) is 0 Å². The van der Waals surface area contributed by atoms with E-state index in [2.05, 4.69) is 14.2 Å². The molecule has 0 atom stereocenters. The molecule has 1 aromatic carbocycles. The minimum Gasteiger partial charge on any atom is -0.465 e. The quantitative estimate of drug-likeness (QED) is 0.458. The Hall–Kier alpha value is -1.37. The number of esters is 3. The van der Waals surface area contributed by atoms with E-state index >= 15 is 0 Å². The maximum Gasteiger partial charge on any atom is 0.338 e. The summed E-state index contributed by atoms with van der Waals surface area (Å²) in [5.74, 6) is -2.04. The van der Waals surface area contributed by atoms with Crippen molar-refractivity contribution in [3.05, 3.63) is 34.9 Å². The zero-order valence-electron chi connectivity index (χ0n) is 11.2. The van der Waals surface area contributed by atoms with Crippen LogP contribution in [0.3, 0.4) is 0 Å². The van der Waals surface area contributed by atoms with Crippen LogP contribution in [0.2, 0.25) is 0 Å². The van der Waals surface area contributed by atoms with Crippen LogP contribution in [0.25, 0.3) is 0 Å². The van der Waals surface area contributed by atoms with Crippen molar-refractivity contribution in [1.82, 2.24) is 0 Å². The van der Waals surface area contributed by atoms with E-state index in [1.165, 1.54) is 39.5 Å². The van der Waals surface area contributed by atoms with Gasteiger partial charge in [-0.3, -0.25) is 0 Å². The number of rotatable bonds is 3. The first kappa shape index (κ1) is 17.6. The molecule has 1 aromatic rings. The second kappa shape index (κ2) is 7.93. The van der Waals surface area contributed by atoms with Crippen molar-refractivity contribution in [1.29, 1.82) is 0 Å². The third-order valence-electron chi connectivity index (χ3n) is 2.25. The van der Waals surface area contributed by atoms with Crippen LogP contribution in [0, 0.1) is 0 Å². The van der Waals surface area contributed by atoms with E-state index in [4.69, 9.17) is 0 Å². The molecule has 1 rings (SSSR count). The third-order valence-corrected chi connectivity index (χ3v) is 2.25. The Morgan fingerprint density at radius 3 is 1.74 bits per heavy atom. The topological polar surface area (TPSA) is 78.9 Å². The van der Waals surface area contributed by atoms with Gasteiger partial charge in [-0.05, 0) is 18.2 Å². The third kappa shape index (κ3) is 4.05. The SMILES string of the molecule is COC(=O)c1ccc(C(=O)OC)c(C(=O)OC)c1.[Na]. The van der Waals surface area contributed by atoms with Gasteiger partial charge in [0.25, 0.3) is 0 Å². The first-order valence-corrected chi connectivity index (χ1v) is 4.94. The molecule has 7 heteroatoms. The molecule has 0 aliphatic carbocycles. The van der Waals surface area contributed by atoms with E-state index in [0.717, 1.165) is 0 Å². The van der Waals surface area contributed by atoms with E-state index < -0.39 is 17.9 Å². The predicted octanol–water partition coefficient (Wildman–Crippen LogP) is 0.666. The summed E-state index contributed by atoms with van der Waals surface area (Å²) in [6, 6.07) is 3.90. The zero-order valence-corrected chi connectivity index (χ0v) is 13.2. The number of hydrogen-bond acceptors (Lipinski definition) is 6. The van der Waals surface area contributed by atoms with Crippen molar-refractivity contribution >= 4 is 47.5 Å². The maximum atomic E-state index is 11.5. The van der Waals surface area contributed by atoms with Gasteiger partial charge in [0.15, 0.2) is 0 Å². The Morgan fingerprint density at radius 2 is 1.26 bits per heavy atom. The number of carbonyl (C=O) groups is 3. The molecule has 0 amide bonds. The van der Waals surface area contributed by atoms with Crippen molar-refractivity contribution in [2.45, 2.75) is 0 Å². The fourth-order valence-corrected chi connectivity index (χ4v) is 1.36. The molecule has 19 heavy (non-hydrogen) atoms. The fourth-order valence-electron chi connectivity index (χ4n) is 1.36. The first-order chi connectivity index (χ1) is 8.54. The predicted molar refractivity (Wildman–Crippen MR) is 66.2 cm³/mol. The van der Waals surface area contributed by atoms with Crippen LogP contribution >= 0.6 is 0 Å². The molecule has 0 saturated carbocycles. The summed E-state index contributed by atoms with van der Waals surface area (Å²) >= 11 is 0. The standard InChI is InChI=1S/C12H12O6.Na/c1-16-10(13)7-4-5-8(11(14)17-2)9(6-7)12(15)18-3;/h4-6H,1-3H3;. The molecule has 0 spiro atoms. The van der Waals surface area contributed by atoms with Crippen molar-refractivity contribution < 1.29 is 28.6 Å². The van der Waals surface area contributed by atoms with E-state index in [9.17, 15) is 14.4 Å². The van der Waals surface area contributed by atoms with Gasteiger partial charge in [0, 0.05) is 29.6 Å². The van der Waals surface area contributed by atoms with Gasteiger partial charge in [-0.15, -0.1) is 0 Å². The van der Waals surface area contributed by atoms with Crippen LogP contribution in [0.1, 0.15) is 31.1 Å². The minimum atomic E-state index is -0.735. The Labute approximate surface area is 132 Å². The Morgan fingerprint density at radius 1 is 0.789 bits per heavy atom. The van der Waals surface area contributed by atoms with E-state index in [0.29, 0.717) is 0 Å². The fraction of sp³-hybridized carbons (Fsp3) is 0.250. The molecule has 6 nitrogen and oxygen atoms in total. The zero-order chi connectivity index (χ0) is 13.7. The molecule has 0 bridgehead atoms. The average Bonchev–Trinajstić information content (AvgIpc) is 2.43. The maximum absolute atomic E-state index is 11.5. The van der Waals surface area contributed by atoms with Gasteiger partial charge in [-0.2, -0.15) is 0 Å². The summed E-state index contributed by atoms with van der Waals surface area (Å²) in [6.07, 6.45) is 0. The molecule has 0 saturated heterocycles. The van der Waals surface area contributed by atoms with Crippen LogP contribution in [0.5, 0.6) is 0 Å². The molecule has 0 heterocycles. The average molecular weight is 275 g/mol. The number of hydrogen-bond donors (Lipinski definition) is 0. The van der Waals surface area contributed by atoms with E-state index in [1.54, 1.807) is 0 Å². The first-order valence-electron chi connectivity index (χ1n) is 4.94. The number of benzene rings is 1. The molecule has 0 fully saturated rings. The van der Waals surface area contributed by atoms with Gasteiger partial charge in [-0.1, -0.05) is 0 Å². The molecule has 0 aliphatic heterocycles. The van der Waals surface area contributed by atoms with E-state index in [1.807, 2.05) is 0 Å². The summed E-state index contributed by atoms with van der Waals surface area (Å²) in [5.41, 5.74) is 0.120. The minimum absolute atomic E-state index is 0. The number of ether oxygens (including phenoxy) is 3. The molecule has 0 aliphatic rings. The van der Waals surface area contributed by atoms with Crippen LogP contribution in [0.4, 0.5) is 0 Å². The molecule has 0 aromatic heterocycles. The molecule has 97 valence electrons. The summed E-state index contributed by atoms with van der Waals surface area (Å²) < 4.78 is 13.6. The van der Waals surface area contributed by atoms with Gasteiger partial charge in [0.05, 0.1) is 38.0 Å². The molecule has 1 radical (unpaired) electrons. The Balaban J connectivity index is 0.00000324. The monoisotopic (exact) mass is 275 g/mol. The summed E-state index contributed by atoms with van der Waals surface area (Å²) in [4.78, 5) is 34.3. The van der Waals surface area contributed by atoms with Crippen molar-refractivity contribution in [3.63, 3.8) is 0 Å². The molecular formula is C12H12NaO6. The van der Waals surface area contributed by atoms with Gasteiger partial charge >= 0.3 is 17.9 Å². The second-order valence-corrected chi connectivity index (χ2v) is 3.24. The van der Waals surface area contributed by atoms with Crippen LogP contribution < -0.4 is 0 Å². The van der Waals surface area contributed by atoms with Gasteiger partial charge in [0.2, 0.25) is 0 Å². The summed E-state index contributed by atoms with van der Waals surface area (Å²) in [6.45, 7) is 0. The molecule has 0 N–H and O–H groups in total. The summed E-state index contributed by atoms with van der Waals surface area (Å²) in [5, 5.41) is 0. The van der Waals surface area contributed by atoms with Crippen molar-refractivity contribution in [2.75, 3.05) is 21.3 Å². The van der Waals surface area contributed by atoms with Crippen LogP contribution in [0.15, 0.2) is 18.2 Å². The second-order valence-electron chi connectivity index (χ2n) is 3.24. The van der Waals surface area contributed by atoms with E-state index in [-0.39, 0.29) is 46.2 Å². The Bertz CT molecular complexity index is 497. The Kier molecular flexibility index (Phi) is 7.36. The number of carbonyl (C=O) groups excluding carboxylic acids is 3. The number of methoxy groups -OCH3 is 3. The van der Waals surface area contributed by atoms with Crippen LogP contribution in [-0.2, 0) is 14.2 Å². The largest absolute Gasteiger partial charge is 0.465 e.